The number of amides is 2. The van der Waals surface area contributed by atoms with Gasteiger partial charge >= 0.3 is 0 Å². The molecule has 1 fully saturated rings. The van der Waals surface area contributed by atoms with Crippen molar-refractivity contribution in [3.05, 3.63) is 64.7 Å². The number of imide groups is 1. The lowest BCUT2D eigenvalue weighted by Crippen LogP contribution is -2.30. The largest absolute Gasteiger partial charge is 0.274 e. The van der Waals surface area contributed by atoms with Crippen molar-refractivity contribution in [2.24, 2.45) is 5.92 Å². The molecule has 1 aliphatic rings. The Morgan fingerprint density at radius 1 is 1.13 bits per heavy atom. The second-order valence-corrected chi connectivity index (χ2v) is 5.82. The van der Waals surface area contributed by atoms with E-state index in [4.69, 9.17) is 11.6 Å². The van der Waals surface area contributed by atoms with Gasteiger partial charge in [0.1, 0.15) is 11.6 Å². The molecule has 23 heavy (non-hydrogen) atoms. The van der Waals surface area contributed by atoms with E-state index in [1.165, 1.54) is 6.07 Å². The van der Waals surface area contributed by atoms with Crippen LogP contribution in [0.3, 0.4) is 0 Å². The van der Waals surface area contributed by atoms with Gasteiger partial charge in [-0.25, -0.2) is 8.78 Å². The monoisotopic (exact) mass is 335 g/mol. The number of anilines is 1. The zero-order chi connectivity index (χ0) is 16.6. The molecule has 1 unspecified atom stereocenters. The molecule has 2 aromatic carbocycles. The summed E-state index contributed by atoms with van der Waals surface area (Å²) in [5, 5.41) is 0.405. The smallest absolute Gasteiger partial charge is 0.237 e. The summed E-state index contributed by atoms with van der Waals surface area (Å²) >= 11 is 5.88. The predicted octanol–water partition coefficient (Wildman–Crippen LogP) is 3.74. The Morgan fingerprint density at radius 3 is 2.65 bits per heavy atom. The van der Waals surface area contributed by atoms with Crippen LogP contribution in [0.5, 0.6) is 0 Å². The lowest BCUT2D eigenvalue weighted by Gasteiger charge is -2.15. The first-order valence-electron chi connectivity index (χ1n) is 7.02. The number of hydrogen-bond acceptors (Lipinski definition) is 2. The molecule has 1 atom stereocenters. The molecule has 2 amide bonds. The van der Waals surface area contributed by atoms with E-state index in [0.29, 0.717) is 10.7 Å². The van der Waals surface area contributed by atoms with E-state index in [1.54, 1.807) is 18.2 Å². The summed E-state index contributed by atoms with van der Waals surface area (Å²) in [4.78, 5) is 25.7. The van der Waals surface area contributed by atoms with E-state index in [1.807, 2.05) is 0 Å². The molecule has 0 saturated carbocycles. The number of carbonyl (C=O) groups is 2. The lowest BCUT2D eigenvalue weighted by atomic mass is 9.97. The molecule has 118 valence electrons. The maximum Gasteiger partial charge on any atom is 0.237 e. The predicted molar refractivity (Wildman–Crippen MR) is 82.1 cm³/mol. The Hall–Kier alpha value is -2.27. The zero-order valence-electron chi connectivity index (χ0n) is 11.9. The average molecular weight is 336 g/mol. The average Bonchev–Trinajstić information content (AvgIpc) is 2.77. The highest BCUT2D eigenvalue weighted by Gasteiger charge is 2.39. The first-order valence-corrected chi connectivity index (χ1v) is 7.40. The molecule has 0 N–H and O–H groups in total. The molecule has 0 aromatic heterocycles. The van der Waals surface area contributed by atoms with Gasteiger partial charge < -0.3 is 0 Å². The normalized spacial score (nSPS) is 17.9. The van der Waals surface area contributed by atoms with E-state index in [-0.39, 0.29) is 24.3 Å². The summed E-state index contributed by atoms with van der Waals surface area (Å²) in [5.41, 5.74) is 0.471. The van der Waals surface area contributed by atoms with Crippen LogP contribution in [0.25, 0.3) is 0 Å². The van der Waals surface area contributed by atoms with Gasteiger partial charge in [0, 0.05) is 11.4 Å². The molecule has 0 spiro atoms. The summed E-state index contributed by atoms with van der Waals surface area (Å²) in [7, 11) is 0. The van der Waals surface area contributed by atoms with Crippen LogP contribution in [0, 0.1) is 17.6 Å². The van der Waals surface area contributed by atoms with Crippen molar-refractivity contribution in [1.82, 2.24) is 0 Å². The second-order valence-electron chi connectivity index (χ2n) is 5.39. The van der Waals surface area contributed by atoms with Crippen LogP contribution < -0.4 is 4.90 Å². The minimum absolute atomic E-state index is 0.0226. The molecule has 3 rings (SSSR count). The van der Waals surface area contributed by atoms with Gasteiger partial charge in [-0.2, -0.15) is 0 Å². The molecule has 0 bridgehead atoms. The molecule has 2 aromatic rings. The third-order valence-electron chi connectivity index (χ3n) is 3.78. The third-order valence-corrected chi connectivity index (χ3v) is 4.02. The van der Waals surface area contributed by atoms with Crippen LogP contribution in [0.4, 0.5) is 14.5 Å². The molecular weight excluding hydrogens is 324 g/mol. The number of hydrogen-bond donors (Lipinski definition) is 0. The number of nitrogens with zero attached hydrogens (tertiary/aromatic N) is 1. The van der Waals surface area contributed by atoms with Crippen LogP contribution >= 0.6 is 11.6 Å². The van der Waals surface area contributed by atoms with Crippen molar-refractivity contribution < 1.29 is 18.4 Å². The number of carbonyl (C=O) groups excluding carboxylic acids is 2. The Kier molecular flexibility index (Phi) is 4.13. The van der Waals surface area contributed by atoms with Crippen molar-refractivity contribution in [3.63, 3.8) is 0 Å². The van der Waals surface area contributed by atoms with E-state index < -0.39 is 23.5 Å². The van der Waals surface area contributed by atoms with Gasteiger partial charge in [0.2, 0.25) is 11.8 Å². The molecule has 3 nitrogen and oxygen atoms in total. The van der Waals surface area contributed by atoms with E-state index in [0.717, 1.165) is 23.1 Å². The molecule has 6 heteroatoms. The summed E-state index contributed by atoms with van der Waals surface area (Å²) < 4.78 is 27.0. The van der Waals surface area contributed by atoms with Crippen molar-refractivity contribution in [2.75, 3.05) is 4.90 Å². The van der Waals surface area contributed by atoms with Gasteiger partial charge in [-0.05, 0) is 48.4 Å². The van der Waals surface area contributed by atoms with Crippen molar-refractivity contribution in [3.8, 4) is 0 Å². The Morgan fingerprint density at radius 2 is 1.91 bits per heavy atom. The Balaban J connectivity index is 1.85. The van der Waals surface area contributed by atoms with Crippen LogP contribution in [0.15, 0.2) is 42.5 Å². The van der Waals surface area contributed by atoms with Crippen molar-refractivity contribution in [2.45, 2.75) is 12.8 Å². The number of benzene rings is 2. The van der Waals surface area contributed by atoms with Gasteiger partial charge in [0.25, 0.3) is 0 Å². The quantitative estimate of drug-likeness (QED) is 0.801. The first-order chi connectivity index (χ1) is 11.0. The van der Waals surface area contributed by atoms with Gasteiger partial charge in [0.15, 0.2) is 0 Å². The standard InChI is InChI=1S/C17H12ClF2NO2/c18-12-2-1-3-14(9-12)21-16(22)8-11(17(21)23)6-10-7-13(19)4-5-15(10)20/h1-5,7,9,11H,6,8H2. The fourth-order valence-corrected chi connectivity index (χ4v) is 2.89. The summed E-state index contributed by atoms with van der Waals surface area (Å²) in [6.45, 7) is 0. The third kappa shape index (κ3) is 3.10. The molecule has 1 heterocycles. The maximum absolute atomic E-state index is 13.7. The highest BCUT2D eigenvalue weighted by atomic mass is 35.5. The van der Waals surface area contributed by atoms with E-state index in [2.05, 4.69) is 0 Å². The van der Waals surface area contributed by atoms with Crippen LogP contribution in [-0.4, -0.2) is 11.8 Å². The zero-order valence-corrected chi connectivity index (χ0v) is 12.7. The fraction of sp³-hybridized carbons (Fsp3) is 0.176. The van der Waals surface area contributed by atoms with Gasteiger partial charge in [-0.3, -0.25) is 14.5 Å². The second kappa shape index (κ2) is 6.08. The summed E-state index contributed by atoms with van der Waals surface area (Å²) in [6.07, 6.45) is -0.0630. The SMILES string of the molecule is O=C1CC(Cc2cc(F)ccc2F)C(=O)N1c1cccc(Cl)c1. The molecule has 0 radical (unpaired) electrons. The van der Waals surface area contributed by atoms with Gasteiger partial charge in [-0.1, -0.05) is 17.7 Å². The minimum Gasteiger partial charge on any atom is -0.274 e. The number of rotatable bonds is 3. The molecule has 1 saturated heterocycles. The highest BCUT2D eigenvalue weighted by molar-refractivity contribution is 6.31. The fourth-order valence-electron chi connectivity index (χ4n) is 2.71. The molecule has 0 aliphatic carbocycles. The minimum atomic E-state index is -0.710. The van der Waals surface area contributed by atoms with Gasteiger partial charge in [0.05, 0.1) is 11.6 Å². The topological polar surface area (TPSA) is 37.4 Å². The summed E-state index contributed by atoms with van der Waals surface area (Å²) in [5.74, 6) is -2.68. The van der Waals surface area contributed by atoms with E-state index in [9.17, 15) is 18.4 Å². The molecule has 1 aliphatic heterocycles. The van der Waals surface area contributed by atoms with Crippen LogP contribution in [0.2, 0.25) is 5.02 Å². The van der Waals surface area contributed by atoms with Gasteiger partial charge in [-0.15, -0.1) is 0 Å². The summed E-state index contributed by atoms with van der Waals surface area (Å²) in [6, 6.07) is 9.47. The van der Waals surface area contributed by atoms with Crippen LogP contribution in [0.1, 0.15) is 12.0 Å². The van der Waals surface area contributed by atoms with Crippen molar-refractivity contribution >= 4 is 29.1 Å². The van der Waals surface area contributed by atoms with Crippen LogP contribution in [-0.2, 0) is 16.0 Å². The van der Waals surface area contributed by atoms with Crippen molar-refractivity contribution in [1.29, 1.82) is 0 Å². The Bertz CT molecular complexity index is 794. The molecular formula is C17H12ClF2NO2. The van der Waals surface area contributed by atoms with E-state index >= 15 is 0 Å². The first kappa shape index (κ1) is 15.6. The highest BCUT2D eigenvalue weighted by Crippen LogP contribution is 2.30. The number of halogens is 3. The maximum atomic E-state index is 13.7. The Labute approximate surface area is 136 Å². The lowest BCUT2D eigenvalue weighted by molar-refractivity contribution is -0.122.